The quantitative estimate of drug-likeness (QED) is 0.608. The molecule has 9 nitrogen and oxygen atoms in total. The number of carbonyl (C=O) groups excluding carboxylic acids is 3. The zero-order valence-electron chi connectivity index (χ0n) is 17.7. The van der Waals surface area contributed by atoms with Crippen LogP contribution in [0.5, 0.6) is 0 Å². The molecule has 5 rings (SSSR count). The Bertz CT molecular complexity index is 1350. The molecule has 12 heteroatoms. The minimum absolute atomic E-state index is 0.0336. The summed E-state index contributed by atoms with van der Waals surface area (Å²) in [5.74, 6) is -1.39. The summed E-state index contributed by atoms with van der Waals surface area (Å²) in [6.07, 6.45) is 5.35. The van der Waals surface area contributed by atoms with E-state index >= 15 is 0 Å². The second-order valence-corrected chi connectivity index (χ2v) is 8.41. The van der Waals surface area contributed by atoms with Crippen LogP contribution in [-0.2, 0) is 9.59 Å². The van der Waals surface area contributed by atoms with Gasteiger partial charge in [-0.05, 0) is 23.8 Å². The van der Waals surface area contributed by atoms with Crippen LogP contribution in [0.2, 0.25) is 5.02 Å². The van der Waals surface area contributed by atoms with Crippen LogP contribution in [0.4, 0.5) is 20.2 Å². The first kappa shape index (κ1) is 22.0. The normalized spacial score (nSPS) is 19.4. The van der Waals surface area contributed by atoms with Crippen molar-refractivity contribution >= 4 is 40.7 Å². The lowest BCUT2D eigenvalue weighted by Gasteiger charge is -2.47. The van der Waals surface area contributed by atoms with Gasteiger partial charge in [0.05, 0.1) is 34.4 Å². The molecule has 3 amide bonds. The highest BCUT2D eigenvalue weighted by Crippen LogP contribution is 2.45. The first-order valence-electron chi connectivity index (χ1n) is 10.2. The number of hydrogen-bond donors (Lipinski definition) is 1. The Morgan fingerprint density at radius 2 is 1.97 bits per heavy atom. The largest absolute Gasteiger partial charge is 0.333 e. The molecule has 0 bridgehead atoms. The number of nitrogens with one attached hydrogen (secondary N) is 1. The summed E-state index contributed by atoms with van der Waals surface area (Å²) >= 11 is 5.97. The Balaban J connectivity index is 1.60. The molecule has 2 aliphatic heterocycles. The average molecular weight is 487 g/mol. The number of alkyl halides is 2. The molecule has 1 saturated heterocycles. The van der Waals surface area contributed by atoms with Gasteiger partial charge >= 0.3 is 6.55 Å². The van der Waals surface area contributed by atoms with Gasteiger partial charge in [0.1, 0.15) is 0 Å². The van der Waals surface area contributed by atoms with E-state index in [1.807, 2.05) is 0 Å². The summed E-state index contributed by atoms with van der Waals surface area (Å²) in [6.45, 7) is -2.81. The van der Waals surface area contributed by atoms with Gasteiger partial charge in [-0.25, -0.2) is 4.68 Å². The van der Waals surface area contributed by atoms with Crippen LogP contribution in [0.25, 0.3) is 11.1 Å². The van der Waals surface area contributed by atoms with E-state index in [1.54, 1.807) is 12.1 Å². The van der Waals surface area contributed by atoms with Crippen molar-refractivity contribution in [2.45, 2.75) is 25.1 Å². The molecule has 34 heavy (non-hydrogen) atoms. The van der Waals surface area contributed by atoms with Crippen molar-refractivity contribution in [2.75, 3.05) is 17.3 Å². The number of anilines is 2. The molecular formula is C22H17ClF2N6O3. The summed E-state index contributed by atoms with van der Waals surface area (Å²) in [7, 11) is 1.47. The van der Waals surface area contributed by atoms with E-state index < -0.39 is 24.0 Å². The third-order valence-electron chi connectivity index (χ3n) is 6.10. The minimum atomic E-state index is -2.81. The lowest BCUT2D eigenvalue weighted by molar-refractivity contribution is -0.128. The number of fused-ring (bicyclic) bond motifs is 3. The number of likely N-dealkylation sites (N-methyl/N-ethyl adjacent to an activating group) is 1. The molecule has 2 aromatic heterocycles. The van der Waals surface area contributed by atoms with Crippen LogP contribution in [0.1, 0.15) is 29.7 Å². The third-order valence-corrected chi connectivity index (χ3v) is 6.30. The lowest BCUT2D eigenvalue weighted by Crippen LogP contribution is -2.68. The number of carbonyl (C=O) groups is 3. The highest BCUT2D eigenvalue weighted by Gasteiger charge is 2.59. The molecule has 1 aromatic carbocycles. The SMILES string of the molecule is CN1C(=O)c2ccc(-c3cnn(C(F)F)c3)cc2N2C(=O)CCC12C(=O)Nc1cncc(Cl)c1. The third kappa shape index (κ3) is 3.23. The topological polar surface area (TPSA) is 100 Å². The standard InChI is InChI=1S/C22H17ClF2N6O3/c1-29-19(33)16-3-2-12(13-8-27-30(11-13)21(24)25)6-17(16)31-18(32)4-5-22(29,31)20(34)28-15-7-14(23)9-26-10-15/h2-3,6-11,21H,4-5H2,1H3,(H,28,34). The Morgan fingerprint density at radius 1 is 1.18 bits per heavy atom. The van der Waals surface area contributed by atoms with Gasteiger partial charge in [-0.1, -0.05) is 17.7 Å². The van der Waals surface area contributed by atoms with Gasteiger partial charge in [-0.3, -0.25) is 24.3 Å². The number of rotatable bonds is 4. The highest BCUT2D eigenvalue weighted by molar-refractivity contribution is 6.30. The molecule has 0 spiro atoms. The predicted molar refractivity (Wildman–Crippen MR) is 118 cm³/mol. The molecule has 1 fully saturated rings. The number of halogens is 3. The van der Waals surface area contributed by atoms with Gasteiger partial charge in [0, 0.05) is 37.8 Å². The maximum atomic E-state index is 13.6. The molecule has 0 aliphatic carbocycles. The minimum Gasteiger partial charge on any atom is -0.321 e. The number of pyridine rings is 1. The molecule has 1 N–H and O–H groups in total. The van der Waals surface area contributed by atoms with Crippen LogP contribution in [-0.4, -0.2) is 50.1 Å². The Kier molecular flexibility index (Phi) is 5.08. The molecule has 2 aliphatic rings. The van der Waals surface area contributed by atoms with Gasteiger partial charge in [0.25, 0.3) is 11.8 Å². The van der Waals surface area contributed by atoms with Crippen molar-refractivity contribution < 1.29 is 23.2 Å². The van der Waals surface area contributed by atoms with Gasteiger partial charge in [-0.2, -0.15) is 13.9 Å². The maximum absolute atomic E-state index is 13.6. The maximum Gasteiger partial charge on any atom is 0.333 e. The molecule has 0 radical (unpaired) electrons. The Hall–Kier alpha value is -3.86. The van der Waals surface area contributed by atoms with Crippen LogP contribution in [0.15, 0.2) is 49.1 Å². The summed E-state index contributed by atoms with van der Waals surface area (Å²) in [5, 5.41) is 6.65. The monoisotopic (exact) mass is 486 g/mol. The second kappa shape index (κ2) is 7.87. The average Bonchev–Trinajstić information content (AvgIpc) is 3.43. The van der Waals surface area contributed by atoms with E-state index in [2.05, 4.69) is 15.4 Å². The van der Waals surface area contributed by atoms with Gasteiger partial charge in [0.15, 0.2) is 0 Å². The molecular weight excluding hydrogens is 470 g/mol. The number of amides is 3. The summed E-state index contributed by atoms with van der Waals surface area (Å²) in [4.78, 5) is 46.4. The van der Waals surface area contributed by atoms with E-state index in [9.17, 15) is 23.2 Å². The summed E-state index contributed by atoms with van der Waals surface area (Å²) in [6, 6.07) is 6.14. The predicted octanol–water partition coefficient (Wildman–Crippen LogP) is 3.54. The van der Waals surface area contributed by atoms with Crippen molar-refractivity contribution in [1.29, 1.82) is 0 Å². The second-order valence-electron chi connectivity index (χ2n) is 7.97. The van der Waals surface area contributed by atoms with E-state index in [4.69, 9.17) is 11.6 Å². The van der Waals surface area contributed by atoms with E-state index in [-0.39, 0.29) is 30.0 Å². The Morgan fingerprint density at radius 3 is 2.68 bits per heavy atom. The van der Waals surface area contributed by atoms with Gasteiger partial charge in [-0.15, -0.1) is 0 Å². The van der Waals surface area contributed by atoms with E-state index in [0.717, 1.165) is 0 Å². The number of hydrogen-bond acceptors (Lipinski definition) is 5. The van der Waals surface area contributed by atoms with Crippen molar-refractivity contribution in [3.63, 3.8) is 0 Å². The van der Waals surface area contributed by atoms with Crippen molar-refractivity contribution in [3.05, 3.63) is 59.6 Å². The molecule has 1 atom stereocenters. The molecule has 3 aromatic rings. The smallest absolute Gasteiger partial charge is 0.321 e. The van der Waals surface area contributed by atoms with Crippen LogP contribution < -0.4 is 10.2 Å². The molecule has 0 saturated carbocycles. The van der Waals surface area contributed by atoms with Gasteiger partial charge < -0.3 is 10.2 Å². The highest BCUT2D eigenvalue weighted by atomic mass is 35.5. The lowest BCUT2D eigenvalue weighted by atomic mass is 9.94. The van der Waals surface area contributed by atoms with Gasteiger partial charge in [0.2, 0.25) is 11.6 Å². The molecule has 1 unspecified atom stereocenters. The summed E-state index contributed by atoms with van der Waals surface area (Å²) < 4.78 is 26.5. The fraction of sp³-hybridized carbons (Fsp3) is 0.227. The van der Waals surface area contributed by atoms with E-state index in [1.165, 1.54) is 53.8 Å². The molecule has 174 valence electrons. The first-order valence-corrected chi connectivity index (χ1v) is 10.6. The first-order chi connectivity index (χ1) is 16.2. The number of nitrogens with zero attached hydrogens (tertiary/aromatic N) is 5. The van der Waals surface area contributed by atoms with Crippen LogP contribution in [0.3, 0.4) is 0 Å². The van der Waals surface area contributed by atoms with E-state index in [0.29, 0.717) is 26.5 Å². The van der Waals surface area contributed by atoms with Crippen molar-refractivity contribution in [1.82, 2.24) is 19.7 Å². The molecule has 4 heterocycles. The van der Waals surface area contributed by atoms with Crippen molar-refractivity contribution in [3.8, 4) is 11.1 Å². The Labute approximate surface area is 196 Å². The summed E-state index contributed by atoms with van der Waals surface area (Å²) in [5.41, 5.74) is -0.0130. The fourth-order valence-corrected chi connectivity index (χ4v) is 4.63. The van der Waals surface area contributed by atoms with Crippen LogP contribution in [0, 0.1) is 0 Å². The fourth-order valence-electron chi connectivity index (χ4n) is 4.46. The van der Waals surface area contributed by atoms with Crippen LogP contribution >= 0.6 is 11.6 Å². The zero-order chi connectivity index (χ0) is 24.2. The zero-order valence-corrected chi connectivity index (χ0v) is 18.5. The number of aromatic nitrogens is 3. The van der Waals surface area contributed by atoms with Crippen molar-refractivity contribution in [2.24, 2.45) is 0 Å². The number of benzene rings is 1.